The fourth-order valence-electron chi connectivity index (χ4n) is 3.49. The van der Waals surface area contributed by atoms with E-state index in [1.807, 2.05) is 6.07 Å². The van der Waals surface area contributed by atoms with Gasteiger partial charge in [-0.25, -0.2) is 8.42 Å². The Hall–Kier alpha value is -0.910. The quantitative estimate of drug-likeness (QED) is 0.908. The fourth-order valence-corrected chi connectivity index (χ4v) is 5.32. The normalized spacial score (nSPS) is 31.5. The van der Waals surface area contributed by atoms with E-state index in [9.17, 15) is 8.42 Å². The average Bonchev–Trinajstić information content (AvgIpc) is 2.99. The molecule has 2 saturated heterocycles. The maximum Gasteiger partial charge on any atom is 0.243 e. The first-order valence-electron chi connectivity index (χ1n) is 6.92. The summed E-state index contributed by atoms with van der Waals surface area (Å²) >= 11 is 0. The third-order valence-electron chi connectivity index (χ3n) is 4.44. The maximum absolute atomic E-state index is 12.7. The Morgan fingerprint density at radius 1 is 1.26 bits per heavy atom. The van der Waals surface area contributed by atoms with Gasteiger partial charge in [-0.3, -0.25) is 0 Å². The van der Waals surface area contributed by atoms with Gasteiger partial charge in [-0.1, -0.05) is 25.1 Å². The highest BCUT2D eigenvalue weighted by atomic mass is 32.2. The molecule has 1 aromatic carbocycles. The monoisotopic (exact) mass is 280 g/mol. The number of benzene rings is 1. The van der Waals surface area contributed by atoms with E-state index < -0.39 is 10.0 Å². The zero-order chi connectivity index (χ0) is 13.5. The van der Waals surface area contributed by atoms with E-state index in [1.165, 1.54) is 0 Å². The Morgan fingerprint density at radius 2 is 2.00 bits per heavy atom. The molecule has 0 radical (unpaired) electrons. The lowest BCUT2D eigenvalue weighted by molar-refractivity contribution is 0.329. The predicted octanol–water partition coefficient (Wildman–Crippen LogP) is 1.31. The van der Waals surface area contributed by atoms with Gasteiger partial charge in [-0.2, -0.15) is 4.31 Å². The van der Waals surface area contributed by atoms with E-state index in [0.717, 1.165) is 19.5 Å². The molecule has 2 heterocycles. The summed E-state index contributed by atoms with van der Waals surface area (Å²) < 4.78 is 27.2. The first-order chi connectivity index (χ1) is 9.14. The van der Waals surface area contributed by atoms with Crippen molar-refractivity contribution >= 4 is 10.0 Å². The molecular weight excluding hydrogens is 260 g/mol. The fraction of sp³-hybridized carbons (Fsp3) is 0.571. The van der Waals surface area contributed by atoms with E-state index in [1.54, 1.807) is 28.6 Å². The molecule has 0 amide bonds. The van der Waals surface area contributed by atoms with Crippen LogP contribution in [0.2, 0.25) is 0 Å². The van der Waals surface area contributed by atoms with Crippen LogP contribution in [-0.4, -0.2) is 38.4 Å². The van der Waals surface area contributed by atoms with Crippen LogP contribution in [0.4, 0.5) is 0 Å². The Balaban J connectivity index is 1.94. The van der Waals surface area contributed by atoms with Crippen LogP contribution < -0.4 is 5.32 Å². The van der Waals surface area contributed by atoms with Gasteiger partial charge in [-0.05, 0) is 43.5 Å². The SMILES string of the molecule is CCC1C2CNCC2CN1S(=O)(=O)c1ccccc1. The second kappa shape index (κ2) is 4.89. The summed E-state index contributed by atoms with van der Waals surface area (Å²) in [5.74, 6) is 0.951. The van der Waals surface area contributed by atoms with Crippen molar-refractivity contribution in [1.29, 1.82) is 0 Å². The number of sulfonamides is 1. The van der Waals surface area contributed by atoms with Crippen molar-refractivity contribution in [3.05, 3.63) is 30.3 Å². The third-order valence-corrected chi connectivity index (χ3v) is 6.34. The van der Waals surface area contributed by atoms with Gasteiger partial charge in [-0.15, -0.1) is 0 Å². The van der Waals surface area contributed by atoms with Crippen molar-refractivity contribution in [2.24, 2.45) is 11.8 Å². The minimum absolute atomic E-state index is 0.144. The molecule has 1 aromatic rings. The minimum atomic E-state index is -3.34. The molecule has 2 aliphatic heterocycles. The van der Waals surface area contributed by atoms with E-state index in [4.69, 9.17) is 0 Å². The topological polar surface area (TPSA) is 49.4 Å². The van der Waals surface area contributed by atoms with E-state index >= 15 is 0 Å². The molecule has 0 saturated carbocycles. The zero-order valence-electron chi connectivity index (χ0n) is 11.1. The molecule has 19 heavy (non-hydrogen) atoms. The van der Waals surface area contributed by atoms with E-state index in [2.05, 4.69) is 12.2 Å². The van der Waals surface area contributed by atoms with Crippen molar-refractivity contribution in [3.8, 4) is 0 Å². The Labute approximate surface area is 114 Å². The average molecular weight is 280 g/mol. The van der Waals surface area contributed by atoms with Crippen molar-refractivity contribution in [1.82, 2.24) is 9.62 Å². The Bertz CT molecular complexity index is 544. The summed E-state index contributed by atoms with van der Waals surface area (Å²) in [5, 5.41) is 3.38. The van der Waals surface area contributed by atoms with Crippen LogP contribution in [0.3, 0.4) is 0 Å². The van der Waals surface area contributed by atoms with Crippen molar-refractivity contribution in [2.75, 3.05) is 19.6 Å². The molecule has 3 unspecified atom stereocenters. The third kappa shape index (κ3) is 2.10. The largest absolute Gasteiger partial charge is 0.316 e. The number of nitrogens with one attached hydrogen (secondary N) is 1. The molecule has 3 atom stereocenters. The molecule has 1 N–H and O–H groups in total. The van der Waals surface area contributed by atoms with Crippen LogP contribution in [0.5, 0.6) is 0 Å². The van der Waals surface area contributed by atoms with Gasteiger partial charge in [0.25, 0.3) is 0 Å². The second-order valence-electron chi connectivity index (χ2n) is 5.45. The number of rotatable bonds is 3. The van der Waals surface area contributed by atoms with Crippen LogP contribution in [-0.2, 0) is 10.0 Å². The zero-order valence-corrected chi connectivity index (χ0v) is 11.9. The Morgan fingerprint density at radius 3 is 2.68 bits per heavy atom. The molecule has 5 heteroatoms. The summed E-state index contributed by atoms with van der Waals surface area (Å²) in [7, 11) is -3.34. The number of hydrogen-bond acceptors (Lipinski definition) is 3. The summed E-state index contributed by atoms with van der Waals surface area (Å²) in [6.45, 7) is 4.64. The first-order valence-corrected chi connectivity index (χ1v) is 8.36. The molecule has 4 nitrogen and oxygen atoms in total. The van der Waals surface area contributed by atoms with Gasteiger partial charge in [0.05, 0.1) is 4.90 Å². The summed E-state index contributed by atoms with van der Waals surface area (Å²) in [6, 6.07) is 8.94. The molecule has 0 aliphatic carbocycles. The van der Waals surface area contributed by atoms with Crippen LogP contribution >= 0.6 is 0 Å². The minimum Gasteiger partial charge on any atom is -0.316 e. The lowest BCUT2D eigenvalue weighted by Gasteiger charge is -2.26. The van der Waals surface area contributed by atoms with E-state index in [-0.39, 0.29) is 6.04 Å². The molecule has 0 spiro atoms. The second-order valence-corrected chi connectivity index (χ2v) is 7.34. The molecule has 104 valence electrons. The molecule has 2 aliphatic rings. The van der Waals surface area contributed by atoms with Crippen molar-refractivity contribution in [3.63, 3.8) is 0 Å². The highest BCUT2D eigenvalue weighted by Crippen LogP contribution is 2.37. The highest BCUT2D eigenvalue weighted by molar-refractivity contribution is 7.89. The highest BCUT2D eigenvalue weighted by Gasteiger charge is 2.47. The first kappa shape index (κ1) is 13.1. The molecular formula is C14H20N2O2S. The standard InChI is InChI=1S/C14H20N2O2S/c1-2-14-13-9-15-8-11(13)10-16(14)19(17,18)12-6-4-3-5-7-12/h3-7,11,13-15H,2,8-10H2,1H3. The summed E-state index contributed by atoms with van der Waals surface area (Å²) in [6.07, 6.45) is 0.884. The smallest absolute Gasteiger partial charge is 0.243 e. The number of fused-ring (bicyclic) bond motifs is 1. The van der Waals surface area contributed by atoms with Crippen LogP contribution in [0.25, 0.3) is 0 Å². The molecule has 0 aromatic heterocycles. The Kier molecular flexibility index (Phi) is 3.37. The van der Waals surface area contributed by atoms with Gasteiger partial charge in [0.15, 0.2) is 0 Å². The van der Waals surface area contributed by atoms with E-state index in [0.29, 0.717) is 23.3 Å². The molecule has 0 bridgehead atoms. The van der Waals surface area contributed by atoms with Gasteiger partial charge in [0.1, 0.15) is 0 Å². The summed E-state index contributed by atoms with van der Waals surface area (Å²) in [4.78, 5) is 0.418. The van der Waals surface area contributed by atoms with Crippen molar-refractivity contribution in [2.45, 2.75) is 24.3 Å². The lowest BCUT2D eigenvalue weighted by atomic mass is 9.93. The van der Waals surface area contributed by atoms with Gasteiger partial charge < -0.3 is 5.32 Å². The van der Waals surface area contributed by atoms with Crippen LogP contribution in [0, 0.1) is 11.8 Å². The molecule has 2 fully saturated rings. The maximum atomic E-state index is 12.7. The predicted molar refractivity (Wildman–Crippen MR) is 74.3 cm³/mol. The van der Waals surface area contributed by atoms with Crippen LogP contribution in [0.1, 0.15) is 13.3 Å². The van der Waals surface area contributed by atoms with Gasteiger partial charge in [0, 0.05) is 12.6 Å². The lowest BCUT2D eigenvalue weighted by Crippen LogP contribution is -2.39. The van der Waals surface area contributed by atoms with Gasteiger partial charge >= 0.3 is 0 Å². The molecule has 3 rings (SSSR count). The number of hydrogen-bond donors (Lipinski definition) is 1. The number of nitrogens with zero attached hydrogens (tertiary/aromatic N) is 1. The summed E-state index contributed by atoms with van der Waals surface area (Å²) in [5.41, 5.74) is 0. The van der Waals surface area contributed by atoms with Crippen molar-refractivity contribution < 1.29 is 8.42 Å². The van der Waals surface area contributed by atoms with Crippen LogP contribution in [0.15, 0.2) is 35.2 Å². The van der Waals surface area contributed by atoms with Gasteiger partial charge in [0.2, 0.25) is 10.0 Å².